The molecule has 0 amide bonds. The quantitative estimate of drug-likeness (QED) is 0.626. The van der Waals surface area contributed by atoms with Gasteiger partial charge in [-0.2, -0.15) is 0 Å². The van der Waals surface area contributed by atoms with E-state index in [9.17, 15) is 4.39 Å². The summed E-state index contributed by atoms with van der Waals surface area (Å²) in [4.78, 5) is 9.01. The molecule has 26 heavy (non-hydrogen) atoms. The normalized spacial score (nSPS) is 14.7. The number of pyridine rings is 1. The molecular formula is C18H17BrFN5S. The monoisotopic (exact) mass is 433 g/mol. The van der Waals surface area contributed by atoms with Crippen LogP contribution in [0.4, 0.5) is 15.3 Å². The average Bonchev–Trinajstić information content (AvgIpc) is 3.13. The number of hydrogen-bond acceptors (Lipinski definition) is 6. The second kappa shape index (κ2) is 7.67. The van der Waals surface area contributed by atoms with Crippen molar-refractivity contribution in [3.05, 3.63) is 63.5 Å². The van der Waals surface area contributed by atoms with E-state index in [0.29, 0.717) is 6.42 Å². The van der Waals surface area contributed by atoms with Crippen molar-refractivity contribution in [2.75, 3.05) is 36.0 Å². The summed E-state index contributed by atoms with van der Waals surface area (Å²) in [5.74, 6) is 0.784. The summed E-state index contributed by atoms with van der Waals surface area (Å²) in [7, 11) is 0. The molecular weight excluding hydrogens is 417 g/mol. The predicted octanol–water partition coefficient (Wildman–Crippen LogP) is 3.75. The predicted molar refractivity (Wildman–Crippen MR) is 105 cm³/mol. The zero-order valence-corrected chi connectivity index (χ0v) is 16.4. The molecule has 1 aromatic carbocycles. The number of aromatic nitrogens is 3. The smallest absolute Gasteiger partial charge is 0.208 e. The van der Waals surface area contributed by atoms with Gasteiger partial charge in [-0.15, -0.1) is 10.2 Å². The first kappa shape index (κ1) is 17.4. The van der Waals surface area contributed by atoms with Gasteiger partial charge in [0.15, 0.2) is 0 Å². The van der Waals surface area contributed by atoms with Crippen LogP contribution in [-0.2, 0) is 6.42 Å². The summed E-state index contributed by atoms with van der Waals surface area (Å²) in [5, 5.41) is 10.5. The molecule has 0 radical (unpaired) electrons. The fourth-order valence-corrected chi connectivity index (χ4v) is 4.06. The van der Waals surface area contributed by atoms with Crippen LogP contribution in [0.3, 0.4) is 0 Å². The Morgan fingerprint density at radius 2 is 1.69 bits per heavy atom. The maximum absolute atomic E-state index is 13.0. The molecule has 1 aliphatic rings. The van der Waals surface area contributed by atoms with Crippen LogP contribution in [0.2, 0.25) is 0 Å². The van der Waals surface area contributed by atoms with Gasteiger partial charge in [0.25, 0.3) is 0 Å². The van der Waals surface area contributed by atoms with E-state index in [4.69, 9.17) is 0 Å². The third-order valence-electron chi connectivity index (χ3n) is 4.31. The van der Waals surface area contributed by atoms with Crippen molar-refractivity contribution < 1.29 is 4.39 Å². The standard InChI is InChI=1S/C18H17BrFN5S/c19-14-3-6-16(21-12-14)24-7-9-25(10-8-24)18-23-22-17(26-18)11-13-1-4-15(20)5-2-13/h1-6,12H,7-11H2. The first-order chi connectivity index (χ1) is 12.7. The fourth-order valence-electron chi connectivity index (χ4n) is 2.90. The van der Waals surface area contributed by atoms with Gasteiger partial charge in [0.05, 0.1) is 0 Å². The van der Waals surface area contributed by atoms with Crippen LogP contribution in [0.5, 0.6) is 0 Å². The van der Waals surface area contributed by atoms with Crippen LogP contribution in [0, 0.1) is 5.82 Å². The lowest BCUT2D eigenvalue weighted by Crippen LogP contribution is -2.46. The Morgan fingerprint density at radius 1 is 0.962 bits per heavy atom. The number of piperazine rings is 1. The molecule has 1 aliphatic heterocycles. The number of benzene rings is 1. The molecule has 0 unspecified atom stereocenters. The van der Waals surface area contributed by atoms with Crippen molar-refractivity contribution in [2.45, 2.75) is 6.42 Å². The van der Waals surface area contributed by atoms with Gasteiger partial charge in [-0.25, -0.2) is 9.37 Å². The molecule has 0 saturated carbocycles. The molecule has 0 N–H and O–H groups in total. The molecule has 3 aromatic rings. The Hall–Kier alpha value is -2.06. The lowest BCUT2D eigenvalue weighted by atomic mass is 10.2. The number of rotatable bonds is 4. The highest BCUT2D eigenvalue weighted by Crippen LogP contribution is 2.25. The summed E-state index contributed by atoms with van der Waals surface area (Å²) in [6.45, 7) is 3.59. The summed E-state index contributed by atoms with van der Waals surface area (Å²) in [6.07, 6.45) is 2.51. The summed E-state index contributed by atoms with van der Waals surface area (Å²) in [5.41, 5.74) is 1.04. The molecule has 0 atom stereocenters. The molecule has 134 valence electrons. The van der Waals surface area contributed by atoms with E-state index >= 15 is 0 Å². The van der Waals surface area contributed by atoms with Crippen molar-refractivity contribution in [2.24, 2.45) is 0 Å². The molecule has 0 spiro atoms. The van der Waals surface area contributed by atoms with Crippen LogP contribution in [0.15, 0.2) is 47.1 Å². The van der Waals surface area contributed by atoms with Gasteiger partial charge in [-0.05, 0) is 45.8 Å². The Labute approximate surface area is 163 Å². The minimum absolute atomic E-state index is 0.218. The molecule has 0 bridgehead atoms. The molecule has 5 nitrogen and oxygen atoms in total. The number of hydrogen-bond donors (Lipinski definition) is 0. The Morgan fingerprint density at radius 3 is 2.38 bits per heavy atom. The Balaban J connectivity index is 1.36. The van der Waals surface area contributed by atoms with E-state index in [0.717, 1.165) is 52.2 Å². The maximum Gasteiger partial charge on any atom is 0.208 e. The molecule has 0 aliphatic carbocycles. The number of nitrogens with zero attached hydrogens (tertiary/aromatic N) is 5. The number of halogens is 2. The van der Waals surface area contributed by atoms with Crippen molar-refractivity contribution in [3.8, 4) is 0 Å². The Bertz CT molecular complexity index is 860. The van der Waals surface area contributed by atoms with Gasteiger partial charge in [0.1, 0.15) is 16.6 Å². The van der Waals surface area contributed by atoms with Crippen molar-refractivity contribution in [3.63, 3.8) is 0 Å². The van der Waals surface area contributed by atoms with Crippen LogP contribution in [0.25, 0.3) is 0 Å². The molecule has 2 aromatic heterocycles. The van der Waals surface area contributed by atoms with Crippen molar-refractivity contribution in [1.82, 2.24) is 15.2 Å². The third kappa shape index (κ3) is 4.02. The minimum atomic E-state index is -0.218. The fraction of sp³-hybridized carbons (Fsp3) is 0.278. The topological polar surface area (TPSA) is 45.2 Å². The second-order valence-electron chi connectivity index (χ2n) is 6.09. The van der Waals surface area contributed by atoms with E-state index in [1.54, 1.807) is 23.5 Å². The third-order valence-corrected chi connectivity index (χ3v) is 5.76. The highest BCUT2D eigenvalue weighted by molar-refractivity contribution is 9.10. The van der Waals surface area contributed by atoms with Gasteiger partial charge < -0.3 is 9.80 Å². The van der Waals surface area contributed by atoms with Crippen molar-refractivity contribution >= 4 is 38.2 Å². The molecule has 1 fully saturated rings. The van der Waals surface area contributed by atoms with Gasteiger partial charge in [0, 0.05) is 43.3 Å². The number of anilines is 2. The first-order valence-corrected chi connectivity index (χ1v) is 9.96. The van der Waals surface area contributed by atoms with E-state index in [-0.39, 0.29) is 5.82 Å². The molecule has 3 heterocycles. The highest BCUT2D eigenvalue weighted by atomic mass is 79.9. The Kier molecular flexibility index (Phi) is 5.12. The van der Waals surface area contributed by atoms with Crippen LogP contribution in [-0.4, -0.2) is 41.4 Å². The molecule has 4 rings (SSSR count). The van der Waals surface area contributed by atoms with Gasteiger partial charge in [-0.1, -0.05) is 23.5 Å². The average molecular weight is 434 g/mol. The van der Waals surface area contributed by atoms with E-state index in [2.05, 4.69) is 40.9 Å². The van der Waals surface area contributed by atoms with E-state index in [1.807, 2.05) is 18.3 Å². The SMILES string of the molecule is Fc1ccc(Cc2nnc(N3CCN(c4ccc(Br)cn4)CC3)s2)cc1. The lowest BCUT2D eigenvalue weighted by Gasteiger charge is -2.35. The first-order valence-electron chi connectivity index (χ1n) is 8.36. The van der Waals surface area contributed by atoms with Crippen molar-refractivity contribution in [1.29, 1.82) is 0 Å². The summed E-state index contributed by atoms with van der Waals surface area (Å²) < 4.78 is 14.0. The van der Waals surface area contributed by atoms with Crippen LogP contribution < -0.4 is 9.80 Å². The van der Waals surface area contributed by atoms with E-state index < -0.39 is 0 Å². The zero-order chi connectivity index (χ0) is 17.9. The maximum atomic E-state index is 13.0. The molecule has 8 heteroatoms. The second-order valence-corrected chi connectivity index (χ2v) is 8.05. The van der Waals surface area contributed by atoms with Gasteiger partial charge in [0.2, 0.25) is 5.13 Å². The largest absolute Gasteiger partial charge is 0.353 e. The summed E-state index contributed by atoms with van der Waals surface area (Å²) >= 11 is 5.02. The van der Waals surface area contributed by atoms with Crippen LogP contribution >= 0.6 is 27.3 Å². The summed E-state index contributed by atoms with van der Waals surface area (Å²) in [6, 6.07) is 10.6. The molecule has 1 saturated heterocycles. The zero-order valence-electron chi connectivity index (χ0n) is 14.0. The minimum Gasteiger partial charge on any atom is -0.353 e. The van der Waals surface area contributed by atoms with Crippen LogP contribution in [0.1, 0.15) is 10.6 Å². The lowest BCUT2D eigenvalue weighted by molar-refractivity contribution is 0.627. The highest BCUT2D eigenvalue weighted by Gasteiger charge is 2.21. The van der Waals surface area contributed by atoms with Gasteiger partial charge >= 0.3 is 0 Å². The van der Waals surface area contributed by atoms with Gasteiger partial charge in [-0.3, -0.25) is 0 Å². The van der Waals surface area contributed by atoms with E-state index in [1.165, 1.54) is 12.1 Å².